The number of benzene rings is 1. The molecule has 0 fully saturated rings. The van der Waals surface area contributed by atoms with E-state index in [-0.39, 0.29) is 5.56 Å². The van der Waals surface area contributed by atoms with Crippen LogP contribution in [0.25, 0.3) is 0 Å². The zero-order chi connectivity index (χ0) is 13.7. The molecular formula is C14H15F2N3. The van der Waals surface area contributed by atoms with Crippen LogP contribution in [-0.2, 0) is 0 Å². The summed E-state index contributed by atoms with van der Waals surface area (Å²) in [5, 5.41) is 3.14. The Hall–Kier alpha value is -1.88. The number of hydrogen-bond acceptors (Lipinski definition) is 3. The highest BCUT2D eigenvalue weighted by Gasteiger charge is 2.20. The van der Waals surface area contributed by atoms with E-state index in [9.17, 15) is 8.78 Å². The van der Waals surface area contributed by atoms with E-state index in [1.807, 2.05) is 6.92 Å². The maximum Gasteiger partial charge on any atom is 0.149 e. The predicted molar refractivity (Wildman–Crippen MR) is 68.5 cm³/mol. The first-order valence-corrected chi connectivity index (χ1v) is 6.17. The molecule has 2 aromatic rings. The fourth-order valence-corrected chi connectivity index (χ4v) is 1.82. The molecule has 0 saturated heterocycles. The van der Waals surface area contributed by atoms with Crippen LogP contribution in [-0.4, -0.2) is 16.5 Å². The lowest BCUT2D eigenvalue weighted by atomic mass is 10.0. The summed E-state index contributed by atoms with van der Waals surface area (Å²) in [6, 6.07) is 4.54. The molecule has 1 heterocycles. The molecule has 19 heavy (non-hydrogen) atoms. The van der Waals surface area contributed by atoms with Gasteiger partial charge in [-0.25, -0.2) is 18.7 Å². The average Bonchev–Trinajstić information content (AvgIpc) is 2.44. The molecule has 100 valence electrons. The van der Waals surface area contributed by atoms with E-state index in [1.54, 1.807) is 18.5 Å². The van der Waals surface area contributed by atoms with Gasteiger partial charge < -0.3 is 5.32 Å². The van der Waals surface area contributed by atoms with E-state index < -0.39 is 17.7 Å². The molecule has 3 nitrogen and oxygen atoms in total. The summed E-state index contributed by atoms with van der Waals surface area (Å²) in [6.07, 6.45) is 4.04. The molecule has 0 saturated carbocycles. The van der Waals surface area contributed by atoms with E-state index in [2.05, 4.69) is 15.3 Å². The highest BCUT2D eigenvalue weighted by molar-refractivity contribution is 5.27. The Labute approximate surface area is 110 Å². The van der Waals surface area contributed by atoms with Crippen molar-refractivity contribution < 1.29 is 8.78 Å². The molecule has 0 aliphatic carbocycles. The van der Waals surface area contributed by atoms with Crippen molar-refractivity contribution in [1.29, 1.82) is 0 Å². The Bertz CT molecular complexity index is 531. The molecular weight excluding hydrogens is 248 g/mol. The number of hydrogen-bond donors (Lipinski definition) is 1. The maximum absolute atomic E-state index is 13.9. The number of nitrogens with zero attached hydrogens (tertiary/aromatic N) is 2. The molecule has 0 bridgehead atoms. The van der Waals surface area contributed by atoms with Gasteiger partial charge in [-0.1, -0.05) is 6.92 Å². The van der Waals surface area contributed by atoms with E-state index in [0.717, 1.165) is 18.6 Å². The summed E-state index contributed by atoms with van der Waals surface area (Å²) >= 11 is 0. The van der Waals surface area contributed by atoms with Crippen molar-refractivity contribution in [1.82, 2.24) is 15.3 Å². The Morgan fingerprint density at radius 3 is 2.63 bits per heavy atom. The first kappa shape index (κ1) is 13.5. The summed E-state index contributed by atoms with van der Waals surface area (Å²) < 4.78 is 27.2. The van der Waals surface area contributed by atoms with E-state index in [1.165, 1.54) is 6.07 Å². The topological polar surface area (TPSA) is 37.8 Å². The molecule has 1 N–H and O–H groups in total. The normalized spacial score (nSPS) is 12.4. The van der Waals surface area contributed by atoms with Crippen LogP contribution in [0.1, 0.15) is 30.8 Å². The van der Waals surface area contributed by atoms with Crippen LogP contribution in [0.5, 0.6) is 0 Å². The standard InChI is InChI=1S/C14H15F2N3/c1-2-6-17-13(14-18-7-3-8-19-14)11-9-10(15)4-5-12(11)16/h3-5,7-9,13,17H,2,6H2,1H3. The minimum Gasteiger partial charge on any atom is -0.304 e. The van der Waals surface area contributed by atoms with Crippen molar-refractivity contribution in [2.75, 3.05) is 6.54 Å². The molecule has 1 unspecified atom stereocenters. The summed E-state index contributed by atoms with van der Waals surface area (Å²) in [5.74, 6) is -0.515. The smallest absolute Gasteiger partial charge is 0.149 e. The van der Waals surface area contributed by atoms with E-state index in [0.29, 0.717) is 12.4 Å². The number of rotatable bonds is 5. The van der Waals surface area contributed by atoms with Crippen LogP contribution in [0.15, 0.2) is 36.7 Å². The monoisotopic (exact) mass is 263 g/mol. The van der Waals surface area contributed by atoms with Gasteiger partial charge in [-0.05, 0) is 37.2 Å². The van der Waals surface area contributed by atoms with Gasteiger partial charge in [-0.2, -0.15) is 0 Å². The van der Waals surface area contributed by atoms with Gasteiger partial charge in [0.15, 0.2) is 0 Å². The minimum absolute atomic E-state index is 0.222. The molecule has 1 aromatic heterocycles. The largest absolute Gasteiger partial charge is 0.304 e. The highest BCUT2D eigenvalue weighted by atomic mass is 19.1. The minimum atomic E-state index is -0.545. The van der Waals surface area contributed by atoms with Crippen molar-refractivity contribution in [3.8, 4) is 0 Å². The number of nitrogens with one attached hydrogen (secondary N) is 1. The van der Waals surface area contributed by atoms with Crippen LogP contribution in [0.2, 0.25) is 0 Å². The molecule has 1 aromatic carbocycles. The van der Waals surface area contributed by atoms with E-state index >= 15 is 0 Å². The fourth-order valence-electron chi connectivity index (χ4n) is 1.82. The van der Waals surface area contributed by atoms with Gasteiger partial charge in [0, 0.05) is 18.0 Å². The second-order valence-corrected chi connectivity index (χ2v) is 4.16. The fraction of sp³-hybridized carbons (Fsp3) is 0.286. The third-order valence-corrected chi connectivity index (χ3v) is 2.71. The predicted octanol–water partition coefficient (Wildman–Crippen LogP) is 2.84. The lowest BCUT2D eigenvalue weighted by Gasteiger charge is -2.18. The molecule has 0 radical (unpaired) electrons. The third kappa shape index (κ3) is 3.32. The van der Waals surface area contributed by atoms with Crippen LogP contribution >= 0.6 is 0 Å². The zero-order valence-corrected chi connectivity index (χ0v) is 10.6. The van der Waals surface area contributed by atoms with Gasteiger partial charge in [-0.3, -0.25) is 0 Å². The first-order chi connectivity index (χ1) is 9.22. The Balaban J connectivity index is 2.40. The van der Waals surface area contributed by atoms with Crippen LogP contribution < -0.4 is 5.32 Å². The van der Waals surface area contributed by atoms with Crippen LogP contribution in [0.4, 0.5) is 8.78 Å². The van der Waals surface area contributed by atoms with Crippen LogP contribution in [0.3, 0.4) is 0 Å². The quantitative estimate of drug-likeness (QED) is 0.901. The van der Waals surface area contributed by atoms with Crippen LogP contribution in [0, 0.1) is 11.6 Å². The van der Waals surface area contributed by atoms with Gasteiger partial charge in [0.05, 0.1) is 6.04 Å². The second kappa shape index (κ2) is 6.33. The lowest BCUT2D eigenvalue weighted by Crippen LogP contribution is -2.26. The van der Waals surface area contributed by atoms with Crippen molar-refractivity contribution in [3.05, 3.63) is 59.7 Å². The molecule has 0 aliphatic heterocycles. The Morgan fingerprint density at radius 2 is 1.95 bits per heavy atom. The SMILES string of the molecule is CCCNC(c1ncccn1)c1cc(F)ccc1F. The maximum atomic E-state index is 13.9. The van der Waals surface area contributed by atoms with Gasteiger partial charge >= 0.3 is 0 Å². The molecule has 5 heteroatoms. The average molecular weight is 263 g/mol. The Kier molecular flexibility index (Phi) is 4.52. The van der Waals surface area contributed by atoms with Gasteiger partial charge in [-0.15, -0.1) is 0 Å². The molecule has 1 atom stereocenters. The summed E-state index contributed by atoms with van der Waals surface area (Å²) in [4.78, 5) is 8.23. The van der Waals surface area contributed by atoms with Crippen molar-refractivity contribution in [3.63, 3.8) is 0 Å². The number of aromatic nitrogens is 2. The molecule has 0 aliphatic rings. The lowest BCUT2D eigenvalue weighted by molar-refractivity contribution is 0.521. The third-order valence-electron chi connectivity index (χ3n) is 2.71. The Morgan fingerprint density at radius 1 is 1.21 bits per heavy atom. The summed E-state index contributed by atoms with van der Waals surface area (Å²) in [5.41, 5.74) is 0.222. The highest BCUT2D eigenvalue weighted by Crippen LogP contribution is 2.22. The first-order valence-electron chi connectivity index (χ1n) is 6.17. The molecule has 0 amide bonds. The van der Waals surface area contributed by atoms with Crippen molar-refractivity contribution in [2.45, 2.75) is 19.4 Å². The summed E-state index contributed by atoms with van der Waals surface area (Å²) in [6.45, 7) is 2.66. The van der Waals surface area contributed by atoms with Gasteiger partial charge in [0.2, 0.25) is 0 Å². The summed E-state index contributed by atoms with van der Waals surface area (Å²) in [7, 11) is 0. The zero-order valence-electron chi connectivity index (χ0n) is 10.6. The molecule has 0 spiro atoms. The number of halogens is 2. The van der Waals surface area contributed by atoms with Crippen molar-refractivity contribution in [2.24, 2.45) is 0 Å². The van der Waals surface area contributed by atoms with Crippen molar-refractivity contribution >= 4 is 0 Å². The van der Waals surface area contributed by atoms with Gasteiger partial charge in [0.25, 0.3) is 0 Å². The van der Waals surface area contributed by atoms with E-state index in [4.69, 9.17) is 0 Å². The second-order valence-electron chi connectivity index (χ2n) is 4.16. The molecule has 2 rings (SSSR count). The van der Waals surface area contributed by atoms with Gasteiger partial charge in [0.1, 0.15) is 17.5 Å².